The zero-order chi connectivity index (χ0) is 11.0. The van der Waals surface area contributed by atoms with Crippen molar-refractivity contribution in [2.45, 2.75) is 0 Å². The smallest absolute Gasteiger partial charge is 0.180 e. The van der Waals surface area contributed by atoms with Crippen LogP contribution in [0.2, 0.25) is 0 Å². The Hall–Kier alpha value is -2.36. The number of pyridine rings is 1. The highest BCUT2D eigenvalue weighted by Crippen LogP contribution is 2.20. The first kappa shape index (κ1) is 8.91. The summed E-state index contributed by atoms with van der Waals surface area (Å²) in [6.07, 6.45) is 5.89. The standard InChI is InChI=1S/C12H8N2O2/c15-8-9-3-4-10-6-13-12(14(10)7-9)11-2-1-5-16-11/h1-8H. The number of carbonyl (C=O) groups is 1. The lowest BCUT2D eigenvalue weighted by Gasteiger charge is -1.98. The van der Waals surface area contributed by atoms with Crippen LogP contribution in [-0.4, -0.2) is 15.7 Å². The second-order valence-electron chi connectivity index (χ2n) is 3.43. The van der Waals surface area contributed by atoms with Gasteiger partial charge in [-0.25, -0.2) is 4.98 Å². The minimum absolute atomic E-state index is 0.610. The average molecular weight is 212 g/mol. The molecule has 0 bridgehead atoms. The topological polar surface area (TPSA) is 47.5 Å². The predicted molar refractivity (Wildman–Crippen MR) is 58.3 cm³/mol. The van der Waals surface area contributed by atoms with Crippen molar-refractivity contribution in [3.8, 4) is 11.6 Å². The Morgan fingerprint density at radius 2 is 2.25 bits per heavy atom. The molecular formula is C12H8N2O2. The van der Waals surface area contributed by atoms with Gasteiger partial charge in [-0.3, -0.25) is 9.20 Å². The van der Waals surface area contributed by atoms with Crippen LogP contribution in [0.5, 0.6) is 0 Å². The van der Waals surface area contributed by atoms with Gasteiger partial charge in [0.1, 0.15) is 0 Å². The molecule has 0 atom stereocenters. The van der Waals surface area contributed by atoms with E-state index in [1.807, 2.05) is 16.5 Å². The van der Waals surface area contributed by atoms with Gasteiger partial charge < -0.3 is 4.42 Å². The molecule has 0 spiro atoms. The van der Waals surface area contributed by atoms with Gasteiger partial charge in [-0.05, 0) is 24.3 Å². The van der Waals surface area contributed by atoms with Gasteiger partial charge in [-0.15, -0.1) is 0 Å². The Labute approximate surface area is 91.1 Å². The fourth-order valence-electron chi connectivity index (χ4n) is 1.66. The van der Waals surface area contributed by atoms with Gasteiger partial charge in [-0.2, -0.15) is 0 Å². The number of rotatable bonds is 2. The molecule has 78 valence electrons. The molecular weight excluding hydrogens is 204 g/mol. The lowest BCUT2D eigenvalue weighted by atomic mass is 10.3. The molecule has 0 fully saturated rings. The Bertz CT molecular complexity index is 638. The third-order valence-electron chi connectivity index (χ3n) is 2.43. The van der Waals surface area contributed by atoms with Gasteiger partial charge in [0.2, 0.25) is 0 Å². The highest BCUT2D eigenvalue weighted by Gasteiger charge is 2.08. The number of hydrogen-bond donors (Lipinski definition) is 0. The molecule has 0 saturated heterocycles. The van der Waals surface area contributed by atoms with Crippen molar-refractivity contribution in [2.75, 3.05) is 0 Å². The van der Waals surface area contributed by atoms with E-state index in [4.69, 9.17) is 4.42 Å². The molecule has 0 saturated carbocycles. The van der Waals surface area contributed by atoms with Crippen molar-refractivity contribution in [1.29, 1.82) is 0 Å². The third-order valence-corrected chi connectivity index (χ3v) is 2.43. The predicted octanol–water partition coefficient (Wildman–Crippen LogP) is 2.41. The summed E-state index contributed by atoms with van der Waals surface area (Å²) in [7, 11) is 0. The highest BCUT2D eigenvalue weighted by atomic mass is 16.3. The maximum Gasteiger partial charge on any atom is 0.180 e. The van der Waals surface area contributed by atoms with Gasteiger partial charge in [0.25, 0.3) is 0 Å². The lowest BCUT2D eigenvalue weighted by Crippen LogP contribution is -1.90. The summed E-state index contributed by atoms with van der Waals surface area (Å²) in [5.74, 6) is 1.38. The lowest BCUT2D eigenvalue weighted by molar-refractivity contribution is 0.112. The summed E-state index contributed by atoms with van der Waals surface area (Å²) in [5, 5.41) is 0. The summed E-state index contributed by atoms with van der Waals surface area (Å²) in [5.41, 5.74) is 1.54. The van der Waals surface area contributed by atoms with Gasteiger partial charge in [0.15, 0.2) is 17.9 Å². The van der Waals surface area contributed by atoms with Crippen LogP contribution < -0.4 is 0 Å². The molecule has 0 radical (unpaired) electrons. The normalized spacial score (nSPS) is 10.8. The van der Waals surface area contributed by atoms with Crippen molar-refractivity contribution in [2.24, 2.45) is 0 Å². The third kappa shape index (κ3) is 1.24. The zero-order valence-electron chi connectivity index (χ0n) is 8.33. The summed E-state index contributed by atoms with van der Waals surface area (Å²) >= 11 is 0. The van der Waals surface area contributed by atoms with Crippen LogP contribution in [-0.2, 0) is 0 Å². The zero-order valence-corrected chi connectivity index (χ0v) is 8.33. The second-order valence-corrected chi connectivity index (χ2v) is 3.43. The number of imidazole rings is 1. The maximum absolute atomic E-state index is 10.7. The minimum Gasteiger partial charge on any atom is -0.461 e. The molecule has 4 nitrogen and oxygen atoms in total. The van der Waals surface area contributed by atoms with Gasteiger partial charge in [0, 0.05) is 11.8 Å². The minimum atomic E-state index is 0.610. The molecule has 3 aromatic heterocycles. The van der Waals surface area contributed by atoms with E-state index >= 15 is 0 Å². The number of furan rings is 1. The first-order valence-corrected chi connectivity index (χ1v) is 4.84. The summed E-state index contributed by atoms with van der Waals surface area (Å²) in [4.78, 5) is 15.0. The Morgan fingerprint density at radius 1 is 1.31 bits per heavy atom. The monoisotopic (exact) mass is 212 g/mol. The van der Waals surface area contributed by atoms with Crippen LogP contribution in [0.3, 0.4) is 0 Å². The number of hydrogen-bond acceptors (Lipinski definition) is 3. The van der Waals surface area contributed by atoms with Crippen LogP contribution in [0.15, 0.2) is 47.3 Å². The number of carbonyl (C=O) groups excluding carboxylic acids is 1. The molecule has 0 unspecified atom stereocenters. The Morgan fingerprint density at radius 3 is 3.00 bits per heavy atom. The van der Waals surface area contributed by atoms with E-state index < -0.39 is 0 Å². The van der Waals surface area contributed by atoms with E-state index in [9.17, 15) is 4.79 Å². The van der Waals surface area contributed by atoms with Gasteiger partial charge in [0.05, 0.1) is 18.0 Å². The van der Waals surface area contributed by atoms with Crippen molar-refractivity contribution in [1.82, 2.24) is 9.38 Å². The molecule has 3 aromatic rings. The average Bonchev–Trinajstić information content (AvgIpc) is 2.96. The van der Waals surface area contributed by atoms with E-state index in [1.54, 1.807) is 30.8 Å². The van der Waals surface area contributed by atoms with Crippen LogP contribution in [0.25, 0.3) is 17.1 Å². The summed E-state index contributed by atoms with van der Waals surface area (Å²) in [6.45, 7) is 0. The largest absolute Gasteiger partial charge is 0.461 e. The van der Waals surface area contributed by atoms with Crippen LogP contribution >= 0.6 is 0 Å². The Balaban J connectivity index is 2.29. The molecule has 0 aliphatic carbocycles. The molecule has 0 aliphatic rings. The molecule has 16 heavy (non-hydrogen) atoms. The van der Waals surface area contributed by atoms with E-state index in [1.165, 1.54) is 0 Å². The molecule has 3 rings (SSSR count). The fourth-order valence-corrected chi connectivity index (χ4v) is 1.66. The van der Waals surface area contributed by atoms with Crippen molar-refractivity contribution in [3.63, 3.8) is 0 Å². The molecule has 0 aromatic carbocycles. The van der Waals surface area contributed by atoms with Crippen molar-refractivity contribution in [3.05, 3.63) is 48.5 Å². The second kappa shape index (κ2) is 3.34. The summed E-state index contributed by atoms with van der Waals surface area (Å²) < 4.78 is 7.12. The molecule has 4 heteroatoms. The molecule has 0 N–H and O–H groups in total. The number of aromatic nitrogens is 2. The van der Waals surface area contributed by atoms with E-state index in [0.717, 1.165) is 11.8 Å². The maximum atomic E-state index is 10.7. The Kier molecular flexibility index (Phi) is 1.86. The number of nitrogens with zero attached hydrogens (tertiary/aromatic N) is 2. The van der Waals surface area contributed by atoms with Gasteiger partial charge in [-0.1, -0.05) is 0 Å². The number of fused-ring (bicyclic) bond motifs is 1. The first-order valence-electron chi connectivity index (χ1n) is 4.84. The van der Waals surface area contributed by atoms with E-state index in [0.29, 0.717) is 17.1 Å². The van der Waals surface area contributed by atoms with Crippen LogP contribution in [0.4, 0.5) is 0 Å². The highest BCUT2D eigenvalue weighted by molar-refractivity contribution is 5.75. The summed E-state index contributed by atoms with van der Waals surface area (Å²) in [6, 6.07) is 7.25. The SMILES string of the molecule is O=Cc1ccc2cnc(-c3ccco3)n2c1. The first-order chi connectivity index (χ1) is 7.88. The van der Waals surface area contributed by atoms with Gasteiger partial charge >= 0.3 is 0 Å². The molecule has 0 amide bonds. The van der Waals surface area contributed by atoms with E-state index in [2.05, 4.69) is 4.98 Å². The van der Waals surface area contributed by atoms with Crippen molar-refractivity contribution < 1.29 is 9.21 Å². The van der Waals surface area contributed by atoms with Crippen LogP contribution in [0.1, 0.15) is 10.4 Å². The van der Waals surface area contributed by atoms with Crippen molar-refractivity contribution >= 4 is 11.8 Å². The quantitative estimate of drug-likeness (QED) is 0.613. The van der Waals surface area contributed by atoms with E-state index in [-0.39, 0.29) is 0 Å². The number of aldehydes is 1. The van der Waals surface area contributed by atoms with Crippen LogP contribution in [0, 0.1) is 0 Å². The molecule has 3 heterocycles. The fraction of sp³-hybridized carbons (Fsp3) is 0. The molecule has 0 aliphatic heterocycles.